The fraction of sp³-hybridized carbons (Fsp3) is 0.125. The van der Waals surface area contributed by atoms with Crippen LogP contribution in [0.5, 0.6) is 11.5 Å². The van der Waals surface area contributed by atoms with E-state index < -0.39 is 10.7 Å². The highest BCUT2D eigenvalue weighted by Crippen LogP contribution is 2.30. The smallest absolute Gasteiger partial charge is 0.311 e. The molecule has 0 saturated carbocycles. The van der Waals surface area contributed by atoms with Crippen LogP contribution in [0.25, 0.3) is 6.08 Å². The first-order valence-corrected chi connectivity index (χ1v) is 9.40. The van der Waals surface area contributed by atoms with Crippen LogP contribution in [0.2, 0.25) is 0 Å². The van der Waals surface area contributed by atoms with Gasteiger partial charge in [0.2, 0.25) is 0 Å². The molecule has 0 spiro atoms. The average Bonchev–Trinajstić information content (AvgIpc) is 2.75. The topological polar surface area (TPSA) is 78.7 Å². The molecule has 0 aliphatic heterocycles. The lowest BCUT2D eigenvalue weighted by Gasteiger charge is -2.11. The number of carbonyl (C=O) groups excluding carboxylic acids is 1. The monoisotopic (exact) mass is 421 g/mol. The minimum Gasteiger partial charge on any atom is -0.496 e. The molecule has 0 unspecified atom stereocenters. The quantitative estimate of drug-likeness (QED) is 0.207. The van der Waals surface area contributed by atoms with Crippen LogP contribution in [0.4, 0.5) is 10.1 Å². The van der Waals surface area contributed by atoms with Crippen molar-refractivity contribution in [2.75, 3.05) is 7.11 Å². The number of methoxy groups -OCH3 is 1. The molecule has 7 heteroatoms. The lowest BCUT2D eigenvalue weighted by Crippen LogP contribution is -2.02. The minimum atomic E-state index is -0.640. The van der Waals surface area contributed by atoms with E-state index in [1.165, 1.54) is 13.2 Å². The molecule has 3 aromatic rings. The lowest BCUT2D eigenvalue weighted by atomic mass is 10.1. The minimum absolute atomic E-state index is 0.0824. The van der Waals surface area contributed by atoms with Gasteiger partial charge < -0.3 is 9.47 Å². The van der Waals surface area contributed by atoms with Crippen molar-refractivity contribution in [2.45, 2.75) is 13.5 Å². The van der Waals surface area contributed by atoms with Crippen LogP contribution < -0.4 is 9.47 Å². The Labute approximate surface area is 178 Å². The summed E-state index contributed by atoms with van der Waals surface area (Å²) in [5.41, 5.74) is 2.56. The number of nitro benzene ring substituents is 1. The normalized spacial score (nSPS) is 10.8. The number of aryl methyl sites for hydroxylation is 1. The van der Waals surface area contributed by atoms with Gasteiger partial charge in [0.1, 0.15) is 18.2 Å². The first-order chi connectivity index (χ1) is 14.9. The number of carbonyl (C=O) groups is 1. The summed E-state index contributed by atoms with van der Waals surface area (Å²) in [6.07, 6.45) is 3.14. The van der Waals surface area contributed by atoms with Crippen molar-refractivity contribution >= 4 is 17.5 Å². The number of hydrogen-bond donors (Lipinski definition) is 0. The Morgan fingerprint density at radius 1 is 1.10 bits per heavy atom. The van der Waals surface area contributed by atoms with E-state index in [0.29, 0.717) is 22.4 Å². The summed E-state index contributed by atoms with van der Waals surface area (Å²) in [5.74, 6) is -0.449. The van der Waals surface area contributed by atoms with Crippen LogP contribution >= 0.6 is 0 Å². The standard InChI is InChI=1S/C24H20FNO5/c1-16-4-3-5-18(12-16)22(27)10-6-17-7-11-23(30-2)19(13-17)15-31-24-14-20(25)8-9-21(24)26(28)29/h3-14H,15H2,1-2H3/b10-6+. The van der Waals surface area contributed by atoms with E-state index in [1.54, 1.807) is 30.3 Å². The molecule has 6 nitrogen and oxygen atoms in total. The second-order valence-electron chi connectivity index (χ2n) is 6.80. The van der Waals surface area contributed by atoms with E-state index in [0.717, 1.165) is 23.8 Å². The molecule has 3 rings (SSSR count). The van der Waals surface area contributed by atoms with Crippen molar-refractivity contribution in [1.82, 2.24) is 0 Å². The number of ether oxygens (including phenoxy) is 2. The number of nitrogens with zero attached hydrogens (tertiary/aromatic N) is 1. The second-order valence-corrected chi connectivity index (χ2v) is 6.80. The molecule has 0 heterocycles. The van der Waals surface area contributed by atoms with Crippen molar-refractivity contribution in [3.05, 3.63) is 105 Å². The van der Waals surface area contributed by atoms with Gasteiger partial charge >= 0.3 is 5.69 Å². The van der Waals surface area contributed by atoms with Crippen molar-refractivity contribution in [3.8, 4) is 11.5 Å². The summed E-state index contributed by atoms with van der Waals surface area (Å²) in [4.78, 5) is 22.9. The number of halogens is 1. The molecule has 158 valence electrons. The maximum Gasteiger partial charge on any atom is 0.311 e. The highest BCUT2D eigenvalue weighted by atomic mass is 19.1. The Balaban J connectivity index is 1.81. The van der Waals surface area contributed by atoms with Crippen LogP contribution in [0.3, 0.4) is 0 Å². The van der Waals surface area contributed by atoms with Gasteiger partial charge in [0.15, 0.2) is 11.5 Å². The van der Waals surface area contributed by atoms with Crippen molar-refractivity contribution < 1.29 is 23.6 Å². The molecule has 0 aliphatic carbocycles. The molecule has 0 amide bonds. The predicted octanol–water partition coefficient (Wildman–Crippen LogP) is 5.53. The molecule has 0 fully saturated rings. The van der Waals surface area contributed by atoms with Crippen LogP contribution in [0.1, 0.15) is 27.0 Å². The second kappa shape index (κ2) is 9.67. The summed E-state index contributed by atoms with van der Waals surface area (Å²) in [5, 5.41) is 11.1. The molecule has 0 aromatic heterocycles. The summed E-state index contributed by atoms with van der Waals surface area (Å²) >= 11 is 0. The van der Waals surface area contributed by atoms with Gasteiger partial charge in [0, 0.05) is 23.3 Å². The molecule has 0 saturated heterocycles. The number of nitro groups is 1. The van der Waals surface area contributed by atoms with Gasteiger partial charge in [-0.2, -0.15) is 0 Å². The van der Waals surface area contributed by atoms with E-state index in [9.17, 15) is 19.3 Å². The van der Waals surface area contributed by atoms with E-state index in [2.05, 4.69) is 0 Å². The van der Waals surface area contributed by atoms with Crippen LogP contribution in [0, 0.1) is 22.9 Å². The third kappa shape index (κ3) is 5.54. The highest BCUT2D eigenvalue weighted by Gasteiger charge is 2.17. The highest BCUT2D eigenvalue weighted by molar-refractivity contribution is 6.06. The molecule has 0 N–H and O–H groups in total. The summed E-state index contributed by atoms with van der Waals surface area (Å²) < 4.78 is 24.4. The van der Waals surface area contributed by atoms with Gasteiger partial charge in [-0.05, 0) is 42.8 Å². The third-order valence-corrected chi connectivity index (χ3v) is 4.54. The van der Waals surface area contributed by atoms with E-state index in [1.807, 2.05) is 25.1 Å². The summed E-state index contributed by atoms with van der Waals surface area (Å²) in [6.45, 7) is 1.83. The number of benzene rings is 3. The Kier molecular flexibility index (Phi) is 6.77. The zero-order chi connectivity index (χ0) is 22.4. The molecule has 0 bridgehead atoms. The fourth-order valence-electron chi connectivity index (χ4n) is 2.99. The zero-order valence-electron chi connectivity index (χ0n) is 17.0. The maximum atomic E-state index is 13.5. The SMILES string of the molecule is COc1ccc(/C=C/C(=O)c2cccc(C)c2)cc1COc1cc(F)ccc1[N+](=O)[O-]. The molecule has 0 aliphatic rings. The Bertz CT molecular complexity index is 1160. The summed E-state index contributed by atoms with van der Waals surface area (Å²) in [7, 11) is 1.49. The van der Waals surface area contributed by atoms with Crippen molar-refractivity contribution in [1.29, 1.82) is 0 Å². The predicted molar refractivity (Wildman–Crippen MR) is 115 cm³/mol. The van der Waals surface area contributed by atoms with Crippen molar-refractivity contribution in [2.24, 2.45) is 0 Å². The van der Waals surface area contributed by atoms with Crippen LogP contribution in [0.15, 0.2) is 66.7 Å². The van der Waals surface area contributed by atoms with Gasteiger partial charge in [-0.25, -0.2) is 4.39 Å². The third-order valence-electron chi connectivity index (χ3n) is 4.54. The Hall–Kier alpha value is -4.00. The first kappa shape index (κ1) is 21.7. The van der Waals surface area contributed by atoms with Gasteiger partial charge in [0.25, 0.3) is 0 Å². The Morgan fingerprint density at radius 2 is 1.90 bits per heavy atom. The van der Waals surface area contributed by atoms with Crippen LogP contribution in [-0.4, -0.2) is 17.8 Å². The Morgan fingerprint density at radius 3 is 2.61 bits per heavy atom. The molecule has 0 atom stereocenters. The van der Waals surface area contributed by atoms with E-state index in [4.69, 9.17) is 9.47 Å². The zero-order valence-corrected chi connectivity index (χ0v) is 17.0. The van der Waals surface area contributed by atoms with Crippen LogP contribution in [-0.2, 0) is 6.61 Å². The number of allylic oxidation sites excluding steroid dienone is 1. The van der Waals surface area contributed by atoms with E-state index in [-0.39, 0.29) is 23.8 Å². The number of ketones is 1. The lowest BCUT2D eigenvalue weighted by molar-refractivity contribution is -0.386. The first-order valence-electron chi connectivity index (χ1n) is 9.40. The van der Waals surface area contributed by atoms with Gasteiger partial charge in [-0.15, -0.1) is 0 Å². The number of rotatable bonds is 8. The van der Waals surface area contributed by atoms with Gasteiger partial charge in [-0.3, -0.25) is 14.9 Å². The van der Waals surface area contributed by atoms with E-state index >= 15 is 0 Å². The van der Waals surface area contributed by atoms with Gasteiger partial charge in [-0.1, -0.05) is 35.9 Å². The van der Waals surface area contributed by atoms with Gasteiger partial charge in [0.05, 0.1) is 12.0 Å². The molecule has 3 aromatic carbocycles. The summed E-state index contributed by atoms with van der Waals surface area (Å²) in [6, 6.07) is 15.5. The molecule has 31 heavy (non-hydrogen) atoms. The molecular formula is C24H20FNO5. The number of hydrogen-bond acceptors (Lipinski definition) is 5. The largest absolute Gasteiger partial charge is 0.496 e. The fourth-order valence-corrected chi connectivity index (χ4v) is 2.99. The maximum absolute atomic E-state index is 13.5. The molecular weight excluding hydrogens is 401 g/mol. The molecule has 0 radical (unpaired) electrons. The average molecular weight is 421 g/mol. The van der Waals surface area contributed by atoms with Crippen molar-refractivity contribution in [3.63, 3.8) is 0 Å².